The fourth-order valence-corrected chi connectivity index (χ4v) is 2.25. The van der Waals surface area contributed by atoms with Gasteiger partial charge in [-0.1, -0.05) is 6.07 Å². The number of halogens is 1. The second-order valence-corrected chi connectivity index (χ2v) is 4.95. The fourth-order valence-electron chi connectivity index (χ4n) is 2.25. The molecular formula is C18H14FNO4. The summed E-state index contributed by atoms with van der Waals surface area (Å²) in [5.41, 5.74) is 1.11. The van der Waals surface area contributed by atoms with Crippen LogP contribution in [0.1, 0.15) is 11.1 Å². The number of hydrogen-bond acceptors (Lipinski definition) is 5. The molecule has 3 rings (SSSR count). The lowest BCUT2D eigenvalue weighted by molar-refractivity contribution is -0.129. The molecule has 2 aromatic carbocycles. The lowest BCUT2D eigenvalue weighted by Gasteiger charge is -2.07. The largest absolute Gasteiger partial charge is 0.497 e. The van der Waals surface area contributed by atoms with Crippen molar-refractivity contribution in [2.45, 2.75) is 0 Å². The Bertz CT molecular complexity index is 858. The van der Waals surface area contributed by atoms with Gasteiger partial charge in [-0.05, 0) is 42.5 Å². The van der Waals surface area contributed by atoms with Crippen LogP contribution in [0.15, 0.2) is 53.2 Å². The molecule has 0 unspecified atom stereocenters. The second kappa shape index (κ2) is 6.54. The van der Waals surface area contributed by atoms with Crippen LogP contribution in [0.25, 0.3) is 6.08 Å². The van der Waals surface area contributed by atoms with Crippen LogP contribution in [0.2, 0.25) is 0 Å². The first-order valence-electron chi connectivity index (χ1n) is 7.11. The molecule has 0 atom stereocenters. The Morgan fingerprint density at radius 1 is 1.12 bits per heavy atom. The molecule has 1 heterocycles. The third-order valence-electron chi connectivity index (χ3n) is 3.42. The third kappa shape index (κ3) is 3.12. The molecule has 0 radical (unpaired) electrons. The van der Waals surface area contributed by atoms with Gasteiger partial charge in [-0.3, -0.25) is 0 Å². The summed E-state index contributed by atoms with van der Waals surface area (Å²) in [7, 11) is 3.07. The van der Waals surface area contributed by atoms with E-state index in [2.05, 4.69) is 4.99 Å². The maximum Gasteiger partial charge on any atom is 0.363 e. The van der Waals surface area contributed by atoms with Crippen LogP contribution >= 0.6 is 0 Å². The van der Waals surface area contributed by atoms with Crippen molar-refractivity contribution < 1.29 is 23.4 Å². The summed E-state index contributed by atoms with van der Waals surface area (Å²) in [6.07, 6.45) is 1.54. The molecule has 0 aromatic heterocycles. The standard InChI is InChI=1S/C18H14FNO4/c1-22-14-6-7-16(23-2)12(9-14)10-15-18(21)24-17(20-15)11-4-3-5-13(19)8-11/h3-10H,1-2H3/b15-10-. The molecule has 6 heteroatoms. The SMILES string of the molecule is COc1ccc(OC)c(/C=C2\N=C(c3cccc(F)c3)OC2=O)c1. The minimum Gasteiger partial charge on any atom is -0.497 e. The van der Waals surface area contributed by atoms with E-state index in [0.717, 1.165) is 0 Å². The molecule has 0 aliphatic carbocycles. The van der Waals surface area contributed by atoms with E-state index in [0.29, 0.717) is 22.6 Å². The van der Waals surface area contributed by atoms with Gasteiger partial charge in [0.25, 0.3) is 0 Å². The molecule has 0 saturated carbocycles. The number of carbonyl (C=O) groups is 1. The van der Waals surface area contributed by atoms with Crippen molar-refractivity contribution in [3.63, 3.8) is 0 Å². The molecule has 122 valence electrons. The lowest BCUT2D eigenvalue weighted by atomic mass is 10.1. The molecule has 24 heavy (non-hydrogen) atoms. The Labute approximate surface area is 138 Å². The Balaban J connectivity index is 2.00. The number of cyclic esters (lactones) is 1. The Morgan fingerprint density at radius 3 is 2.67 bits per heavy atom. The quantitative estimate of drug-likeness (QED) is 0.639. The van der Waals surface area contributed by atoms with E-state index in [1.54, 1.807) is 31.4 Å². The molecule has 1 aliphatic heterocycles. The van der Waals surface area contributed by atoms with Gasteiger partial charge >= 0.3 is 5.97 Å². The molecule has 5 nitrogen and oxygen atoms in total. The van der Waals surface area contributed by atoms with E-state index in [1.807, 2.05) is 0 Å². The van der Waals surface area contributed by atoms with E-state index in [9.17, 15) is 9.18 Å². The molecule has 0 spiro atoms. The molecular weight excluding hydrogens is 313 g/mol. The van der Waals surface area contributed by atoms with Gasteiger partial charge in [-0.25, -0.2) is 14.2 Å². The van der Waals surface area contributed by atoms with Gasteiger partial charge in [-0.2, -0.15) is 0 Å². The van der Waals surface area contributed by atoms with Crippen LogP contribution in [-0.2, 0) is 9.53 Å². The zero-order valence-electron chi connectivity index (χ0n) is 13.1. The normalized spacial score (nSPS) is 15.2. The van der Waals surface area contributed by atoms with Crippen molar-refractivity contribution in [1.29, 1.82) is 0 Å². The van der Waals surface area contributed by atoms with Gasteiger partial charge < -0.3 is 14.2 Å². The highest BCUT2D eigenvalue weighted by molar-refractivity contribution is 6.12. The molecule has 0 fully saturated rings. The lowest BCUT2D eigenvalue weighted by Crippen LogP contribution is -2.05. The van der Waals surface area contributed by atoms with E-state index < -0.39 is 11.8 Å². The number of hydrogen-bond donors (Lipinski definition) is 0. The highest BCUT2D eigenvalue weighted by Gasteiger charge is 2.24. The maximum atomic E-state index is 13.3. The monoisotopic (exact) mass is 327 g/mol. The van der Waals surface area contributed by atoms with E-state index in [4.69, 9.17) is 14.2 Å². The van der Waals surface area contributed by atoms with Crippen molar-refractivity contribution in [3.8, 4) is 11.5 Å². The highest BCUT2D eigenvalue weighted by atomic mass is 19.1. The van der Waals surface area contributed by atoms with Crippen LogP contribution in [0.5, 0.6) is 11.5 Å². The number of methoxy groups -OCH3 is 2. The number of ether oxygens (including phenoxy) is 3. The van der Waals surface area contributed by atoms with Gasteiger partial charge in [0, 0.05) is 11.1 Å². The summed E-state index contributed by atoms with van der Waals surface area (Å²) < 4.78 is 28.9. The Hall–Kier alpha value is -3.15. The number of nitrogens with zero attached hydrogens (tertiary/aromatic N) is 1. The third-order valence-corrected chi connectivity index (χ3v) is 3.42. The Kier molecular flexibility index (Phi) is 4.29. The average Bonchev–Trinajstić information content (AvgIpc) is 2.95. The van der Waals surface area contributed by atoms with Crippen molar-refractivity contribution in [2.24, 2.45) is 4.99 Å². The van der Waals surface area contributed by atoms with Crippen LogP contribution in [-0.4, -0.2) is 26.1 Å². The van der Waals surface area contributed by atoms with Gasteiger partial charge in [0.1, 0.15) is 17.3 Å². The number of benzene rings is 2. The number of aliphatic imine (C=N–C) groups is 1. The van der Waals surface area contributed by atoms with E-state index in [-0.39, 0.29) is 11.6 Å². The average molecular weight is 327 g/mol. The zero-order valence-corrected chi connectivity index (χ0v) is 13.1. The first kappa shape index (κ1) is 15.7. The minimum absolute atomic E-state index is 0.0626. The summed E-state index contributed by atoms with van der Waals surface area (Å²) in [5, 5.41) is 0. The van der Waals surface area contributed by atoms with Crippen LogP contribution in [0, 0.1) is 5.82 Å². The van der Waals surface area contributed by atoms with Crippen molar-refractivity contribution in [1.82, 2.24) is 0 Å². The number of carbonyl (C=O) groups excluding carboxylic acids is 1. The topological polar surface area (TPSA) is 57.1 Å². The van der Waals surface area contributed by atoms with Crippen molar-refractivity contribution in [2.75, 3.05) is 14.2 Å². The summed E-state index contributed by atoms with van der Waals surface area (Å²) >= 11 is 0. The number of rotatable bonds is 4. The summed E-state index contributed by atoms with van der Waals surface area (Å²) in [6.45, 7) is 0. The van der Waals surface area contributed by atoms with Crippen LogP contribution in [0.4, 0.5) is 4.39 Å². The van der Waals surface area contributed by atoms with E-state index >= 15 is 0 Å². The molecule has 0 amide bonds. The molecule has 2 aromatic rings. The molecule has 0 bridgehead atoms. The molecule has 0 saturated heterocycles. The smallest absolute Gasteiger partial charge is 0.363 e. The summed E-state index contributed by atoms with van der Waals surface area (Å²) in [6, 6.07) is 10.9. The van der Waals surface area contributed by atoms with Crippen LogP contribution < -0.4 is 9.47 Å². The predicted octanol–water partition coefficient (Wildman–Crippen LogP) is 3.19. The van der Waals surface area contributed by atoms with Crippen molar-refractivity contribution in [3.05, 3.63) is 65.1 Å². The first-order chi connectivity index (χ1) is 11.6. The zero-order chi connectivity index (χ0) is 17.1. The van der Waals surface area contributed by atoms with Gasteiger partial charge in [0.2, 0.25) is 5.90 Å². The fraction of sp³-hybridized carbons (Fsp3) is 0.111. The number of esters is 1. The van der Waals surface area contributed by atoms with Gasteiger partial charge in [0.15, 0.2) is 5.70 Å². The maximum absolute atomic E-state index is 13.3. The molecule has 0 N–H and O–H groups in total. The summed E-state index contributed by atoms with van der Waals surface area (Å²) in [4.78, 5) is 16.2. The Morgan fingerprint density at radius 2 is 1.96 bits per heavy atom. The van der Waals surface area contributed by atoms with Gasteiger partial charge in [-0.15, -0.1) is 0 Å². The predicted molar refractivity (Wildman–Crippen MR) is 86.6 cm³/mol. The minimum atomic E-state index is -0.612. The van der Waals surface area contributed by atoms with Crippen molar-refractivity contribution >= 4 is 17.9 Å². The first-order valence-corrected chi connectivity index (χ1v) is 7.11. The second-order valence-electron chi connectivity index (χ2n) is 4.95. The summed E-state index contributed by atoms with van der Waals surface area (Å²) in [5.74, 6) is 0.193. The highest BCUT2D eigenvalue weighted by Crippen LogP contribution is 2.28. The van der Waals surface area contributed by atoms with E-state index in [1.165, 1.54) is 31.4 Å². The van der Waals surface area contributed by atoms with Crippen LogP contribution in [0.3, 0.4) is 0 Å². The molecule has 1 aliphatic rings. The van der Waals surface area contributed by atoms with Gasteiger partial charge in [0.05, 0.1) is 14.2 Å².